The zero-order chi connectivity index (χ0) is 21.7. The summed E-state index contributed by atoms with van der Waals surface area (Å²) in [7, 11) is 1.30. The lowest BCUT2D eigenvalue weighted by molar-refractivity contribution is -0.136. The van der Waals surface area contributed by atoms with E-state index >= 15 is 0 Å². The second-order valence-electron chi connectivity index (χ2n) is 6.55. The Labute approximate surface area is 176 Å². The number of carbonyl (C=O) groups excluding carboxylic acids is 2. The Morgan fingerprint density at radius 2 is 1.67 bits per heavy atom. The van der Waals surface area contributed by atoms with Gasteiger partial charge in [0.1, 0.15) is 11.5 Å². The van der Waals surface area contributed by atoms with Crippen LogP contribution >= 0.6 is 0 Å². The van der Waals surface area contributed by atoms with Gasteiger partial charge in [0.25, 0.3) is 5.91 Å². The van der Waals surface area contributed by atoms with Crippen LogP contribution in [0.2, 0.25) is 0 Å². The third-order valence-electron chi connectivity index (χ3n) is 4.71. The first-order chi connectivity index (χ1) is 14.5. The van der Waals surface area contributed by atoms with E-state index in [9.17, 15) is 9.59 Å². The van der Waals surface area contributed by atoms with Gasteiger partial charge < -0.3 is 14.2 Å². The van der Waals surface area contributed by atoms with Gasteiger partial charge in [-0.25, -0.2) is 4.79 Å². The first kappa shape index (κ1) is 21.2. The van der Waals surface area contributed by atoms with Crippen molar-refractivity contribution in [3.8, 4) is 11.5 Å². The van der Waals surface area contributed by atoms with Gasteiger partial charge in [0.15, 0.2) is 0 Å². The Bertz CT molecular complexity index is 1000. The van der Waals surface area contributed by atoms with Crippen LogP contribution in [0.5, 0.6) is 11.5 Å². The number of para-hydroxylation sites is 1. The molecule has 156 valence electrons. The fourth-order valence-corrected chi connectivity index (χ4v) is 3.39. The quantitative estimate of drug-likeness (QED) is 0.504. The Balaban J connectivity index is 2.08. The van der Waals surface area contributed by atoms with Crippen LogP contribution in [-0.4, -0.2) is 32.2 Å². The molecule has 0 unspecified atom stereocenters. The number of esters is 1. The number of anilines is 1. The topological polar surface area (TPSA) is 65.1 Å². The minimum absolute atomic E-state index is 0.239. The second kappa shape index (κ2) is 9.31. The van der Waals surface area contributed by atoms with Crippen LogP contribution in [0.1, 0.15) is 26.3 Å². The molecule has 1 aliphatic heterocycles. The molecule has 3 rings (SSSR count). The molecule has 0 bridgehead atoms. The maximum atomic E-state index is 13.4. The van der Waals surface area contributed by atoms with Crippen LogP contribution in [-0.2, 0) is 14.3 Å². The molecule has 0 aliphatic carbocycles. The molecule has 0 radical (unpaired) electrons. The Hall–Kier alpha value is -3.54. The maximum absolute atomic E-state index is 13.4. The number of allylic oxidation sites excluding steroid dienone is 1. The smallest absolute Gasteiger partial charge is 0.340 e. The lowest BCUT2D eigenvalue weighted by Gasteiger charge is -2.18. The molecule has 0 aromatic heterocycles. The summed E-state index contributed by atoms with van der Waals surface area (Å²) in [6, 6.07) is 14.6. The Morgan fingerprint density at radius 1 is 1.00 bits per heavy atom. The van der Waals surface area contributed by atoms with E-state index in [-0.39, 0.29) is 17.1 Å². The van der Waals surface area contributed by atoms with Crippen molar-refractivity contribution in [2.24, 2.45) is 0 Å². The highest BCUT2D eigenvalue weighted by Crippen LogP contribution is 2.37. The zero-order valence-electron chi connectivity index (χ0n) is 17.6. The number of ether oxygens (including phenoxy) is 3. The van der Waals surface area contributed by atoms with Crippen molar-refractivity contribution >= 4 is 23.6 Å². The summed E-state index contributed by atoms with van der Waals surface area (Å²) in [4.78, 5) is 27.4. The SMILES string of the molecule is CCOc1ccc(N2C(=O)/C(=C\c3ccccc3OCC)C(C(=O)OC)=C2C)cc1. The van der Waals surface area contributed by atoms with Crippen molar-refractivity contribution in [3.63, 3.8) is 0 Å². The van der Waals surface area contributed by atoms with E-state index in [4.69, 9.17) is 14.2 Å². The van der Waals surface area contributed by atoms with Crippen LogP contribution in [0.15, 0.2) is 65.4 Å². The number of carbonyl (C=O) groups is 2. The third-order valence-corrected chi connectivity index (χ3v) is 4.71. The molecule has 0 spiro atoms. The van der Waals surface area contributed by atoms with Crippen LogP contribution in [0, 0.1) is 0 Å². The van der Waals surface area contributed by atoms with Crippen molar-refractivity contribution in [2.75, 3.05) is 25.2 Å². The molecule has 0 fully saturated rings. The molecule has 1 aliphatic rings. The zero-order valence-corrected chi connectivity index (χ0v) is 17.6. The molecule has 0 atom stereocenters. The summed E-state index contributed by atoms with van der Waals surface area (Å²) < 4.78 is 16.1. The number of benzene rings is 2. The normalized spacial score (nSPS) is 15.0. The van der Waals surface area contributed by atoms with E-state index < -0.39 is 5.97 Å². The molecule has 0 saturated heterocycles. The molecule has 0 N–H and O–H groups in total. The minimum atomic E-state index is -0.561. The third kappa shape index (κ3) is 4.08. The Morgan fingerprint density at radius 3 is 2.30 bits per heavy atom. The highest BCUT2D eigenvalue weighted by molar-refractivity contribution is 6.23. The van der Waals surface area contributed by atoms with Crippen LogP contribution in [0.4, 0.5) is 5.69 Å². The van der Waals surface area contributed by atoms with Crippen molar-refractivity contribution < 1.29 is 23.8 Å². The van der Waals surface area contributed by atoms with Crippen LogP contribution < -0.4 is 14.4 Å². The summed E-state index contributed by atoms with van der Waals surface area (Å²) >= 11 is 0. The van der Waals surface area contributed by atoms with Gasteiger partial charge in [-0.2, -0.15) is 0 Å². The van der Waals surface area contributed by atoms with Crippen molar-refractivity contribution in [1.29, 1.82) is 0 Å². The molecule has 6 heteroatoms. The van der Waals surface area contributed by atoms with Crippen LogP contribution in [0.25, 0.3) is 6.08 Å². The standard InChI is InChI=1S/C24H25NO5/c1-5-29-19-13-11-18(12-14-19)25-16(3)22(24(27)28-4)20(23(25)26)15-17-9-7-8-10-21(17)30-6-2/h7-15H,5-6H2,1-4H3/b20-15-. The first-order valence-electron chi connectivity index (χ1n) is 9.82. The van der Waals surface area contributed by atoms with Gasteiger partial charge in [-0.3, -0.25) is 9.69 Å². The molecule has 1 heterocycles. The fourth-order valence-electron chi connectivity index (χ4n) is 3.39. The van der Waals surface area contributed by atoms with E-state index in [1.807, 2.05) is 38.1 Å². The van der Waals surface area contributed by atoms with E-state index in [1.54, 1.807) is 37.3 Å². The monoisotopic (exact) mass is 407 g/mol. The average molecular weight is 407 g/mol. The minimum Gasteiger partial charge on any atom is -0.494 e. The summed E-state index contributed by atoms with van der Waals surface area (Å²) in [6.45, 7) is 6.58. The van der Waals surface area contributed by atoms with Gasteiger partial charge in [-0.1, -0.05) is 18.2 Å². The summed E-state index contributed by atoms with van der Waals surface area (Å²) in [5.74, 6) is 0.489. The second-order valence-corrected chi connectivity index (χ2v) is 6.55. The summed E-state index contributed by atoms with van der Waals surface area (Å²) in [5.41, 5.74) is 2.37. The maximum Gasteiger partial charge on any atom is 0.340 e. The van der Waals surface area contributed by atoms with E-state index in [1.165, 1.54) is 12.0 Å². The molecule has 6 nitrogen and oxygen atoms in total. The number of hydrogen-bond acceptors (Lipinski definition) is 5. The largest absolute Gasteiger partial charge is 0.494 e. The van der Waals surface area contributed by atoms with Crippen molar-refractivity contribution in [3.05, 3.63) is 70.9 Å². The molecule has 2 aromatic rings. The number of nitrogens with zero attached hydrogens (tertiary/aromatic N) is 1. The lowest BCUT2D eigenvalue weighted by Crippen LogP contribution is -2.24. The van der Waals surface area contributed by atoms with E-state index in [0.717, 1.165) is 0 Å². The number of hydrogen-bond donors (Lipinski definition) is 0. The van der Waals surface area contributed by atoms with Crippen LogP contribution in [0.3, 0.4) is 0 Å². The number of methoxy groups -OCH3 is 1. The predicted molar refractivity (Wildman–Crippen MR) is 115 cm³/mol. The molecule has 30 heavy (non-hydrogen) atoms. The molecular weight excluding hydrogens is 382 g/mol. The van der Waals surface area contributed by atoms with Gasteiger partial charge in [0.05, 0.1) is 31.5 Å². The van der Waals surface area contributed by atoms with E-state index in [0.29, 0.717) is 41.7 Å². The van der Waals surface area contributed by atoms with Gasteiger partial charge in [0.2, 0.25) is 0 Å². The van der Waals surface area contributed by atoms with Crippen molar-refractivity contribution in [1.82, 2.24) is 0 Å². The highest BCUT2D eigenvalue weighted by Gasteiger charge is 2.38. The number of rotatable bonds is 7. The van der Waals surface area contributed by atoms with Gasteiger partial charge >= 0.3 is 5.97 Å². The Kier molecular flexibility index (Phi) is 6.57. The fraction of sp³-hybridized carbons (Fsp3) is 0.250. The summed E-state index contributed by atoms with van der Waals surface area (Å²) in [6.07, 6.45) is 1.68. The van der Waals surface area contributed by atoms with Crippen molar-refractivity contribution in [2.45, 2.75) is 20.8 Å². The van der Waals surface area contributed by atoms with Gasteiger partial charge in [-0.15, -0.1) is 0 Å². The molecule has 0 saturated carbocycles. The molecular formula is C24H25NO5. The lowest BCUT2D eigenvalue weighted by atomic mass is 10.0. The van der Waals surface area contributed by atoms with E-state index in [2.05, 4.69) is 0 Å². The molecule has 1 amide bonds. The van der Waals surface area contributed by atoms with Gasteiger partial charge in [-0.05, 0) is 57.2 Å². The number of amides is 1. The van der Waals surface area contributed by atoms with Gasteiger partial charge in [0, 0.05) is 16.9 Å². The highest BCUT2D eigenvalue weighted by atomic mass is 16.5. The molecule has 2 aromatic carbocycles. The first-order valence-corrected chi connectivity index (χ1v) is 9.82. The summed E-state index contributed by atoms with van der Waals surface area (Å²) in [5, 5.41) is 0. The average Bonchev–Trinajstić information content (AvgIpc) is 2.99. The predicted octanol–water partition coefficient (Wildman–Crippen LogP) is 4.36.